The van der Waals surface area contributed by atoms with E-state index in [4.69, 9.17) is 11.8 Å². The van der Waals surface area contributed by atoms with Crippen molar-refractivity contribution in [2.75, 3.05) is 13.1 Å². The van der Waals surface area contributed by atoms with E-state index < -0.39 is 27.7 Å². The maximum Gasteiger partial charge on any atom is 0.492 e. The molecule has 0 spiro atoms. The summed E-state index contributed by atoms with van der Waals surface area (Å²) in [4.78, 5) is 15.4. The van der Waals surface area contributed by atoms with E-state index >= 15 is 0 Å². The van der Waals surface area contributed by atoms with Crippen LogP contribution >= 0.6 is 23.5 Å². The van der Waals surface area contributed by atoms with Crippen molar-refractivity contribution in [1.82, 2.24) is 19.5 Å². The number of sulfonamides is 1. The second-order valence-electron chi connectivity index (χ2n) is 6.61. The zero-order chi connectivity index (χ0) is 22.1. The molecule has 2 aliphatic rings. The van der Waals surface area contributed by atoms with Gasteiger partial charge in [-0.2, -0.15) is 13.2 Å². The van der Waals surface area contributed by atoms with Gasteiger partial charge in [0.2, 0.25) is 5.50 Å². The first-order valence-electron chi connectivity index (χ1n) is 8.68. The Bertz CT molecular complexity index is 917. The highest BCUT2D eigenvalue weighted by atomic mass is 35.5. The summed E-state index contributed by atoms with van der Waals surface area (Å²) in [5.41, 5.74) is -1.49. The normalized spacial score (nSPS) is 24.8. The minimum absolute atomic E-state index is 0.0197. The molecular weight excluding hydrogens is 469 g/mol. The van der Waals surface area contributed by atoms with Crippen LogP contribution in [0.3, 0.4) is 0 Å². The third-order valence-electron chi connectivity index (χ3n) is 4.44. The molecule has 8 nitrogen and oxygen atoms in total. The monoisotopic (exact) mass is 486 g/mol. The van der Waals surface area contributed by atoms with Crippen LogP contribution in [0.1, 0.15) is 6.92 Å². The van der Waals surface area contributed by atoms with Crippen LogP contribution in [0.4, 0.5) is 13.2 Å². The van der Waals surface area contributed by atoms with Crippen LogP contribution in [0.15, 0.2) is 46.5 Å². The molecule has 1 saturated heterocycles. The molecule has 3 atom stereocenters. The molecule has 0 aromatic heterocycles. The molecule has 14 heteroatoms. The van der Waals surface area contributed by atoms with Gasteiger partial charge in [-0.1, -0.05) is 36.9 Å². The molecule has 1 aromatic carbocycles. The average Bonchev–Trinajstić information content (AvgIpc) is 3.25. The highest BCUT2D eigenvalue weighted by Crippen LogP contribution is 2.38. The Morgan fingerprint density at radius 2 is 2.00 bits per heavy atom. The quantitative estimate of drug-likeness (QED) is 0.467. The molecular formula is C16H18ClF3N4O4S2. The molecule has 166 valence electrons. The van der Waals surface area contributed by atoms with E-state index in [0.29, 0.717) is 6.54 Å². The van der Waals surface area contributed by atoms with E-state index in [1.807, 2.05) is 6.92 Å². The Hall–Kier alpha value is -1.67. The number of halogens is 4. The number of nitrogens with one attached hydrogen (secondary N) is 2. The van der Waals surface area contributed by atoms with Crippen LogP contribution < -0.4 is 10.6 Å². The van der Waals surface area contributed by atoms with Crippen molar-refractivity contribution in [2.45, 2.75) is 29.5 Å². The number of rotatable bonds is 6. The molecule has 1 aromatic rings. The zero-order valence-electron chi connectivity index (χ0n) is 15.5. The fourth-order valence-corrected chi connectivity index (χ4v) is 5.73. The molecule has 30 heavy (non-hydrogen) atoms. The molecule has 0 bridgehead atoms. The lowest BCUT2D eigenvalue weighted by molar-refractivity contribution is -0.226. The fourth-order valence-electron chi connectivity index (χ4n) is 2.81. The third kappa shape index (κ3) is 4.80. The van der Waals surface area contributed by atoms with Gasteiger partial charge in [-0.05, 0) is 24.6 Å². The van der Waals surface area contributed by atoms with Crippen molar-refractivity contribution >= 4 is 39.5 Å². The molecule has 2 N–H and O–H groups in total. The van der Waals surface area contributed by atoms with Crippen molar-refractivity contribution in [3.63, 3.8) is 0 Å². The number of carbonyl (C=O) groups excluding carboxylic acids is 1. The van der Waals surface area contributed by atoms with Crippen molar-refractivity contribution in [2.24, 2.45) is 5.92 Å². The van der Waals surface area contributed by atoms with Gasteiger partial charge in [0.25, 0.3) is 10.0 Å². The number of carbonyl (C=O) groups is 1. The Morgan fingerprint density at radius 1 is 1.33 bits per heavy atom. The van der Waals surface area contributed by atoms with Crippen LogP contribution in [-0.2, 0) is 19.7 Å². The van der Waals surface area contributed by atoms with Crippen molar-refractivity contribution in [3.8, 4) is 0 Å². The van der Waals surface area contributed by atoms with Gasteiger partial charge in [0, 0.05) is 34.2 Å². The molecule has 0 amide bonds. The molecule has 2 aliphatic heterocycles. The van der Waals surface area contributed by atoms with Crippen LogP contribution in [0, 0.1) is 5.92 Å². The number of hydrogen-bond donors (Lipinski definition) is 2. The number of benzene rings is 1. The van der Waals surface area contributed by atoms with Gasteiger partial charge in [-0.25, -0.2) is 17.6 Å². The van der Waals surface area contributed by atoms with Crippen molar-refractivity contribution < 1.29 is 31.2 Å². The standard InChI is InChI=1S/C16H18ClF3N4O4S2/c1-10-7-21-8-12(10)22-13-9-29-15(23(13)17)24(28-14(25)16(18,19)20)30(26,27)11-5-3-2-4-6-11/h2-6,9-10,12,15,21-22H,7-8H2,1H3/t10-,12-,15?/m0/s1. The molecule has 0 saturated carbocycles. The molecule has 1 fully saturated rings. The maximum absolute atomic E-state index is 13.0. The maximum atomic E-state index is 13.0. The average molecular weight is 487 g/mol. The molecule has 3 rings (SSSR count). The Balaban J connectivity index is 1.86. The summed E-state index contributed by atoms with van der Waals surface area (Å²) in [6, 6.07) is 6.62. The second-order valence-corrected chi connectivity index (χ2v) is 9.69. The summed E-state index contributed by atoms with van der Waals surface area (Å²) in [6.45, 7) is 3.39. The van der Waals surface area contributed by atoms with Crippen LogP contribution in [0.25, 0.3) is 0 Å². The predicted molar refractivity (Wildman–Crippen MR) is 104 cm³/mol. The van der Waals surface area contributed by atoms with Crippen molar-refractivity contribution in [1.29, 1.82) is 0 Å². The van der Waals surface area contributed by atoms with Gasteiger partial charge in [0.15, 0.2) is 0 Å². The number of hydrogen-bond acceptors (Lipinski definition) is 8. The Kier molecular flexibility index (Phi) is 6.77. The van der Waals surface area contributed by atoms with E-state index in [1.165, 1.54) is 35.7 Å². The zero-order valence-corrected chi connectivity index (χ0v) is 17.9. The predicted octanol–water partition coefficient (Wildman–Crippen LogP) is 2.18. The highest BCUT2D eigenvalue weighted by Gasteiger charge is 2.49. The summed E-state index contributed by atoms with van der Waals surface area (Å²) < 4.78 is 65.2. The third-order valence-corrected chi connectivity index (χ3v) is 7.68. The first-order valence-corrected chi connectivity index (χ1v) is 11.4. The highest BCUT2D eigenvalue weighted by molar-refractivity contribution is 8.03. The minimum Gasteiger partial charge on any atom is -0.366 e. The number of alkyl halides is 3. The van der Waals surface area contributed by atoms with Gasteiger partial charge in [0.1, 0.15) is 5.82 Å². The number of hydroxylamine groups is 1. The van der Waals surface area contributed by atoms with Gasteiger partial charge in [-0.15, -0.1) is 0 Å². The second kappa shape index (κ2) is 8.83. The summed E-state index contributed by atoms with van der Waals surface area (Å²) in [5.74, 6) is -2.15. The first-order chi connectivity index (χ1) is 14.0. The van der Waals surface area contributed by atoms with Gasteiger partial charge in [-0.3, -0.25) is 0 Å². The van der Waals surface area contributed by atoms with E-state index in [2.05, 4.69) is 15.5 Å². The lowest BCUT2D eigenvalue weighted by Crippen LogP contribution is -2.48. The van der Waals surface area contributed by atoms with Gasteiger partial charge in [0.05, 0.1) is 4.90 Å². The number of thioether (sulfide) groups is 1. The SMILES string of the molecule is C[C@H]1CNC[C@@H]1NC1=CSC(N(OC(=O)C(F)(F)F)S(=O)(=O)c2ccccc2)N1Cl. The lowest BCUT2D eigenvalue weighted by Gasteiger charge is -2.31. The Labute approximate surface area is 180 Å². The van der Waals surface area contributed by atoms with E-state index in [-0.39, 0.29) is 27.1 Å². The first kappa shape index (κ1) is 23.0. The summed E-state index contributed by atoms with van der Waals surface area (Å²) in [6.07, 6.45) is -5.40. The smallest absolute Gasteiger partial charge is 0.366 e. The van der Waals surface area contributed by atoms with Crippen LogP contribution in [0.5, 0.6) is 0 Å². The molecule has 1 unspecified atom stereocenters. The van der Waals surface area contributed by atoms with Crippen molar-refractivity contribution in [3.05, 3.63) is 41.6 Å². The molecule has 0 radical (unpaired) electrons. The fraction of sp³-hybridized carbons (Fsp3) is 0.438. The Morgan fingerprint density at radius 3 is 2.57 bits per heavy atom. The van der Waals surface area contributed by atoms with Gasteiger partial charge < -0.3 is 15.5 Å². The van der Waals surface area contributed by atoms with E-state index in [1.54, 1.807) is 0 Å². The van der Waals surface area contributed by atoms with E-state index in [9.17, 15) is 26.4 Å². The van der Waals surface area contributed by atoms with E-state index in [0.717, 1.165) is 22.7 Å². The number of nitrogens with zero attached hydrogens (tertiary/aromatic N) is 2. The summed E-state index contributed by atoms with van der Waals surface area (Å²) >= 11 is 7.02. The van der Waals surface area contributed by atoms with Gasteiger partial charge >= 0.3 is 12.1 Å². The minimum atomic E-state index is -5.40. The molecule has 2 heterocycles. The summed E-state index contributed by atoms with van der Waals surface area (Å²) in [5, 5.41) is 7.76. The van der Waals surface area contributed by atoms with Crippen LogP contribution in [0.2, 0.25) is 0 Å². The van der Waals surface area contributed by atoms with Crippen LogP contribution in [-0.4, -0.2) is 54.1 Å². The topological polar surface area (TPSA) is 91.0 Å². The molecule has 0 aliphatic carbocycles. The lowest BCUT2D eigenvalue weighted by atomic mass is 10.1. The largest absolute Gasteiger partial charge is 0.492 e. The summed E-state index contributed by atoms with van der Waals surface area (Å²) in [7, 11) is -4.66.